The molecule has 0 heterocycles. The highest BCUT2D eigenvalue weighted by molar-refractivity contribution is 9.10. The van der Waals surface area contributed by atoms with Crippen LogP contribution in [-0.4, -0.2) is 11.1 Å². The van der Waals surface area contributed by atoms with Gasteiger partial charge < -0.3 is 9.84 Å². The zero-order valence-corrected chi connectivity index (χ0v) is 11.4. The Morgan fingerprint density at radius 2 is 1.89 bits per heavy atom. The van der Waals surface area contributed by atoms with E-state index in [0.717, 1.165) is 16.1 Å². The molecule has 0 radical (unpaired) electrons. The van der Waals surface area contributed by atoms with E-state index in [0.29, 0.717) is 0 Å². The summed E-state index contributed by atoms with van der Waals surface area (Å²) in [6.45, 7) is 0.219. The smallest absolute Gasteiger partial charge is 0.335 e. The van der Waals surface area contributed by atoms with Crippen molar-refractivity contribution in [1.29, 1.82) is 0 Å². The minimum atomic E-state index is -1.17. The highest BCUT2D eigenvalue weighted by Gasteiger charge is 2.09. The standard InChI is InChI=1S/C14H10BrFO3/c15-11-4-1-9(2-5-11)8-19-13-6-3-10(14(17)18)7-12(13)16/h1-7H,8H2,(H,17,18). The quantitative estimate of drug-likeness (QED) is 0.928. The van der Waals surface area contributed by atoms with Gasteiger partial charge in [0.1, 0.15) is 6.61 Å². The van der Waals surface area contributed by atoms with Gasteiger partial charge in [-0.15, -0.1) is 0 Å². The average Bonchev–Trinajstić information content (AvgIpc) is 2.39. The summed E-state index contributed by atoms with van der Waals surface area (Å²) < 4.78 is 19.8. The molecule has 2 aromatic rings. The topological polar surface area (TPSA) is 46.5 Å². The Bertz CT molecular complexity index is 596. The molecule has 3 nitrogen and oxygen atoms in total. The first kappa shape index (κ1) is 13.5. The van der Waals surface area contributed by atoms with Gasteiger partial charge in [0, 0.05) is 4.47 Å². The van der Waals surface area contributed by atoms with Gasteiger partial charge in [-0.1, -0.05) is 28.1 Å². The minimum Gasteiger partial charge on any atom is -0.486 e. The number of carbonyl (C=O) groups is 1. The van der Waals surface area contributed by atoms with Crippen molar-refractivity contribution in [3.05, 3.63) is 63.9 Å². The Hall–Kier alpha value is -1.88. The highest BCUT2D eigenvalue weighted by atomic mass is 79.9. The van der Waals surface area contributed by atoms with Crippen molar-refractivity contribution in [2.75, 3.05) is 0 Å². The highest BCUT2D eigenvalue weighted by Crippen LogP contribution is 2.20. The fourth-order valence-electron chi connectivity index (χ4n) is 1.49. The number of rotatable bonds is 4. The zero-order chi connectivity index (χ0) is 13.8. The summed E-state index contributed by atoms with van der Waals surface area (Å²) in [4.78, 5) is 10.7. The van der Waals surface area contributed by atoms with E-state index in [4.69, 9.17) is 9.84 Å². The Kier molecular flexibility index (Phi) is 4.16. The molecule has 0 fully saturated rings. The molecule has 5 heteroatoms. The van der Waals surface area contributed by atoms with Gasteiger partial charge in [0.15, 0.2) is 11.6 Å². The van der Waals surface area contributed by atoms with Crippen LogP contribution in [0, 0.1) is 5.82 Å². The maximum atomic E-state index is 13.6. The molecule has 0 aromatic heterocycles. The van der Waals surface area contributed by atoms with Gasteiger partial charge in [0.05, 0.1) is 5.56 Å². The Balaban J connectivity index is 2.07. The second kappa shape index (κ2) is 5.84. The van der Waals surface area contributed by atoms with Crippen LogP contribution in [0.2, 0.25) is 0 Å². The molecule has 0 aliphatic carbocycles. The molecule has 0 saturated heterocycles. The van der Waals surface area contributed by atoms with Crippen molar-refractivity contribution >= 4 is 21.9 Å². The van der Waals surface area contributed by atoms with E-state index in [1.54, 1.807) is 0 Å². The Morgan fingerprint density at radius 1 is 1.21 bits per heavy atom. The predicted molar refractivity (Wildman–Crippen MR) is 71.8 cm³/mol. The molecular formula is C14H10BrFO3. The van der Waals surface area contributed by atoms with Crippen molar-refractivity contribution in [1.82, 2.24) is 0 Å². The molecule has 0 amide bonds. The third kappa shape index (κ3) is 3.54. The summed E-state index contributed by atoms with van der Waals surface area (Å²) in [6, 6.07) is 11.0. The summed E-state index contributed by atoms with van der Waals surface area (Å²) in [6.07, 6.45) is 0. The summed E-state index contributed by atoms with van der Waals surface area (Å²) in [7, 11) is 0. The fourth-order valence-corrected chi connectivity index (χ4v) is 1.76. The van der Waals surface area contributed by atoms with Crippen LogP contribution in [0.25, 0.3) is 0 Å². The van der Waals surface area contributed by atoms with Crippen LogP contribution >= 0.6 is 15.9 Å². The number of hydrogen-bond donors (Lipinski definition) is 1. The molecule has 0 saturated carbocycles. The van der Waals surface area contributed by atoms with Gasteiger partial charge in [-0.05, 0) is 35.9 Å². The molecule has 1 N–H and O–H groups in total. The summed E-state index contributed by atoms with van der Waals surface area (Å²) in [5, 5.41) is 8.72. The maximum absolute atomic E-state index is 13.6. The van der Waals surface area contributed by atoms with Gasteiger partial charge in [0.2, 0.25) is 0 Å². The van der Waals surface area contributed by atoms with E-state index in [1.807, 2.05) is 24.3 Å². The second-order valence-electron chi connectivity index (χ2n) is 3.87. The van der Waals surface area contributed by atoms with E-state index in [9.17, 15) is 9.18 Å². The lowest BCUT2D eigenvalue weighted by molar-refractivity contribution is 0.0696. The molecular weight excluding hydrogens is 315 g/mol. The van der Waals surface area contributed by atoms with Crippen LogP contribution in [0.4, 0.5) is 4.39 Å². The Morgan fingerprint density at radius 3 is 2.47 bits per heavy atom. The van der Waals surface area contributed by atoms with Crippen molar-refractivity contribution in [2.24, 2.45) is 0 Å². The molecule has 0 aliphatic heterocycles. The van der Waals surface area contributed by atoms with E-state index in [2.05, 4.69) is 15.9 Å². The third-order valence-electron chi connectivity index (χ3n) is 2.49. The molecule has 0 bridgehead atoms. The summed E-state index contributed by atoms with van der Waals surface area (Å²) >= 11 is 3.32. The second-order valence-corrected chi connectivity index (χ2v) is 4.78. The van der Waals surface area contributed by atoms with Gasteiger partial charge in [0.25, 0.3) is 0 Å². The van der Waals surface area contributed by atoms with E-state index >= 15 is 0 Å². The van der Waals surface area contributed by atoms with Crippen LogP contribution in [0.15, 0.2) is 46.9 Å². The predicted octanol–water partition coefficient (Wildman–Crippen LogP) is 3.87. The van der Waals surface area contributed by atoms with Gasteiger partial charge in [-0.25, -0.2) is 9.18 Å². The van der Waals surface area contributed by atoms with Crippen molar-refractivity contribution in [3.63, 3.8) is 0 Å². The van der Waals surface area contributed by atoms with Gasteiger partial charge in [-0.3, -0.25) is 0 Å². The third-order valence-corrected chi connectivity index (χ3v) is 3.02. The first-order chi connectivity index (χ1) is 9.06. The molecule has 0 spiro atoms. The molecule has 0 aliphatic rings. The maximum Gasteiger partial charge on any atom is 0.335 e. The van der Waals surface area contributed by atoms with E-state index < -0.39 is 11.8 Å². The van der Waals surface area contributed by atoms with Crippen LogP contribution in [0.5, 0.6) is 5.75 Å². The lowest BCUT2D eigenvalue weighted by atomic mass is 10.2. The molecule has 2 aromatic carbocycles. The molecule has 2 rings (SSSR count). The average molecular weight is 325 g/mol. The normalized spacial score (nSPS) is 10.2. The fraction of sp³-hybridized carbons (Fsp3) is 0.0714. The number of halogens is 2. The number of benzene rings is 2. The lowest BCUT2D eigenvalue weighted by Gasteiger charge is -2.08. The van der Waals surface area contributed by atoms with Gasteiger partial charge >= 0.3 is 5.97 Å². The van der Waals surface area contributed by atoms with Crippen LogP contribution in [-0.2, 0) is 6.61 Å². The van der Waals surface area contributed by atoms with Crippen LogP contribution in [0.1, 0.15) is 15.9 Å². The molecule has 0 unspecified atom stereocenters. The minimum absolute atomic E-state index is 0.0351. The SMILES string of the molecule is O=C(O)c1ccc(OCc2ccc(Br)cc2)c(F)c1. The zero-order valence-electron chi connectivity index (χ0n) is 9.77. The number of carboxylic acids is 1. The van der Waals surface area contributed by atoms with E-state index in [1.165, 1.54) is 12.1 Å². The van der Waals surface area contributed by atoms with Gasteiger partial charge in [-0.2, -0.15) is 0 Å². The van der Waals surface area contributed by atoms with Crippen molar-refractivity contribution in [3.8, 4) is 5.75 Å². The number of carboxylic acid groups (broad SMARTS) is 1. The molecule has 0 atom stereocenters. The largest absolute Gasteiger partial charge is 0.486 e. The van der Waals surface area contributed by atoms with Crippen molar-refractivity contribution in [2.45, 2.75) is 6.61 Å². The molecule has 19 heavy (non-hydrogen) atoms. The van der Waals surface area contributed by atoms with Crippen LogP contribution in [0.3, 0.4) is 0 Å². The first-order valence-corrected chi connectivity index (χ1v) is 6.25. The summed E-state index contributed by atoms with van der Waals surface area (Å²) in [5.74, 6) is -1.82. The monoisotopic (exact) mass is 324 g/mol. The number of ether oxygens (including phenoxy) is 1. The number of aromatic carboxylic acids is 1. The molecule has 98 valence electrons. The Labute approximate surface area is 117 Å². The van der Waals surface area contributed by atoms with E-state index in [-0.39, 0.29) is 17.9 Å². The first-order valence-electron chi connectivity index (χ1n) is 5.46. The lowest BCUT2D eigenvalue weighted by Crippen LogP contribution is -2.00. The number of hydrogen-bond acceptors (Lipinski definition) is 2. The summed E-state index contributed by atoms with van der Waals surface area (Å²) in [5.41, 5.74) is 0.790. The van der Waals surface area contributed by atoms with Crippen LogP contribution < -0.4 is 4.74 Å². The van der Waals surface area contributed by atoms with Crippen molar-refractivity contribution < 1.29 is 19.0 Å².